The van der Waals surface area contributed by atoms with Crippen LogP contribution in [0.15, 0.2) is 12.2 Å². The van der Waals surface area contributed by atoms with Gasteiger partial charge in [-0.3, -0.25) is 0 Å². The van der Waals surface area contributed by atoms with E-state index in [9.17, 15) is 4.79 Å². The van der Waals surface area contributed by atoms with Crippen LogP contribution in [0, 0.1) is 0 Å². The number of hydrogen-bond donors (Lipinski definition) is 3. The molecule has 0 aliphatic rings. The number of carboxylic acid groups (broad SMARTS) is 1. The Morgan fingerprint density at radius 1 is 1.73 bits per heavy atom. The predicted molar refractivity (Wildman–Crippen MR) is 57.9 cm³/mol. The highest BCUT2D eigenvalue weighted by molar-refractivity contribution is 8.02. The molecule has 0 fully saturated rings. The molecule has 2 nitrogen and oxygen atoms in total. The van der Waals surface area contributed by atoms with Crippen LogP contribution in [-0.4, -0.2) is 21.0 Å². The molecule has 0 aromatic carbocycles. The average Bonchev–Trinajstić information content (AvgIpc) is 1.89. The Kier molecular flexibility index (Phi) is 10.0. The van der Waals surface area contributed by atoms with Crippen molar-refractivity contribution >= 4 is 48.8 Å². The fourth-order valence-corrected chi connectivity index (χ4v) is 0. The molecule has 0 radical (unpaired) electrons. The van der Waals surface area contributed by atoms with Gasteiger partial charge in [0.05, 0.1) is 4.58 Å². The first-order chi connectivity index (χ1) is 4.91. The molecule has 0 unspecified atom stereocenters. The van der Waals surface area contributed by atoms with Gasteiger partial charge < -0.3 is 5.11 Å². The summed E-state index contributed by atoms with van der Waals surface area (Å²) >= 11 is 12.0. The van der Waals surface area contributed by atoms with Gasteiger partial charge in [-0.25, -0.2) is 4.79 Å². The molecule has 5 heteroatoms. The second-order valence-electron chi connectivity index (χ2n) is 1.64. The van der Waals surface area contributed by atoms with Crippen LogP contribution >= 0.6 is 37.5 Å². The number of aliphatic carboxylic acids is 1. The van der Waals surface area contributed by atoms with Crippen molar-refractivity contribution in [2.24, 2.45) is 0 Å². The smallest absolute Gasteiger partial charge is 0.330 e. The van der Waals surface area contributed by atoms with E-state index >= 15 is 0 Å². The first-order valence-electron chi connectivity index (χ1n) is 2.62. The number of carbonyl (C=O) groups is 1. The van der Waals surface area contributed by atoms with Crippen molar-refractivity contribution in [2.45, 2.75) is 11.5 Å². The lowest BCUT2D eigenvalue weighted by atomic mass is 10.4. The number of thiol groups is 2. The van der Waals surface area contributed by atoms with Crippen molar-refractivity contribution in [1.29, 1.82) is 0 Å². The summed E-state index contributed by atoms with van der Waals surface area (Å²) < 4.78 is -0.0370. The van der Waals surface area contributed by atoms with Crippen LogP contribution in [0.5, 0.6) is 0 Å². The number of carboxylic acids is 1. The van der Waals surface area contributed by atoms with Gasteiger partial charge in [-0.1, -0.05) is 18.8 Å². The summed E-state index contributed by atoms with van der Waals surface area (Å²) in [7, 11) is 0. The normalized spacial score (nSPS) is 8.00. The molecule has 64 valence electrons. The van der Waals surface area contributed by atoms with Gasteiger partial charge in [0.15, 0.2) is 0 Å². The van der Waals surface area contributed by atoms with Crippen LogP contribution < -0.4 is 0 Å². The minimum absolute atomic E-state index is 0.0370. The van der Waals surface area contributed by atoms with Crippen molar-refractivity contribution < 1.29 is 9.90 Å². The molecular weight excluding hydrogens is 200 g/mol. The van der Waals surface area contributed by atoms with Gasteiger partial charge in [-0.15, -0.1) is 0 Å². The maximum absolute atomic E-state index is 9.60. The topological polar surface area (TPSA) is 37.3 Å². The van der Waals surface area contributed by atoms with Gasteiger partial charge in [0.1, 0.15) is 0 Å². The van der Waals surface area contributed by atoms with Gasteiger partial charge in [-0.05, 0) is 6.92 Å². The largest absolute Gasteiger partial charge is 0.478 e. The fraction of sp³-hybridized carbons (Fsp3) is 0.333. The van der Waals surface area contributed by atoms with Gasteiger partial charge in [0.25, 0.3) is 0 Å². The standard InChI is InChI=1S/C4H6O2.C2H4S3/c1-3(2)4(5)6;3-1-2(4)5/h1H2,2H3,(H,5,6);1-2,4-5H. The lowest BCUT2D eigenvalue weighted by Gasteiger charge is -1.80. The second-order valence-corrected chi connectivity index (χ2v) is 3.43. The van der Waals surface area contributed by atoms with E-state index in [0.29, 0.717) is 0 Å². The third kappa shape index (κ3) is 17.8. The fourth-order valence-electron chi connectivity index (χ4n) is 0. The van der Waals surface area contributed by atoms with Crippen LogP contribution in [0.4, 0.5) is 0 Å². The van der Waals surface area contributed by atoms with E-state index in [1.807, 2.05) is 0 Å². The lowest BCUT2D eigenvalue weighted by molar-refractivity contribution is -0.132. The van der Waals surface area contributed by atoms with Crippen LogP contribution in [-0.2, 0) is 4.79 Å². The van der Waals surface area contributed by atoms with E-state index in [-0.39, 0.29) is 10.2 Å². The molecule has 0 atom stereocenters. The van der Waals surface area contributed by atoms with Crippen LogP contribution in [0.2, 0.25) is 0 Å². The van der Waals surface area contributed by atoms with Gasteiger partial charge >= 0.3 is 5.97 Å². The molecule has 0 heterocycles. The Labute approximate surface area is 82.5 Å². The quantitative estimate of drug-likeness (QED) is 0.282. The summed E-state index contributed by atoms with van der Waals surface area (Å²) in [5, 5.41) is 9.37. The molecule has 0 rings (SSSR count). The maximum Gasteiger partial charge on any atom is 0.330 e. The third-order valence-corrected chi connectivity index (χ3v) is 1.46. The molecule has 0 aliphatic carbocycles. The molecule has 0 aromatic heterocycles. The Morgan fingerprint density at radius 3 is 1.91 bits per heavy atom. The molecule has 0 spiro atoms. The SMILES string of the molecule is C=C(C)C(=O)O.S=CC(S)S. The van der Waals surface area contributed by atoms with E-state index < -0.39 is 5.97 Å². The molecule has 11 heavy (non-hydrogen) atoms. The number of thiocarbonyl (C=S) groups is 1. The van der Waals surface area contributed by atoms with Crippen LogP contribution in [0.25, 0.3) is 0 Å². The minimum atomic E-state index is -0.935. The number of rotatable bonds is 2. The summed E-state index contributed by atoms with van der Waals surface area (Å²) in [6, 6.07) is 0. The van der Waals surface area contributed by atoms with Gasteiger partial charge in [0.2, 0.25) is 0 Å². The molecule has 0 aromatic rings. The van der Waals surface area contributed by atoms with E-state index in [2.05, 4.69) is 44.1 Å². The molecule has 0 amide bonds. The van der Waals surface area contributed by atoms with Gasteiger partial charge in [0, 0.05) is 10.9 Å². The van der Waals surface area contributed by atoms with Crippen molar-refractivity contribution in [3.63, 3.8) is 0 Å². The number of hydrogen-bond acceptors (Lipinski definition) is 4. The molecule has 0 saturated carbocycles. The Morgan fingerprint density at radius 2 is 1.91 bits per heavy atom. The van der Waals surface area contributed by atoms with E-state index in [0.717, 1.165) is 0 Å². The van der Waals surface area contributed by atoms with E-state index in [1.165, 1.54) is 12.3 Å². The summed E-state index contributed by atoms with van der Waals surface area (Å²) in [4.78, 5) is 9.60. The minimum Gasteiger partial charge on any atom is -0.478 e. The first kappa shape index (κ1) is 13.6. The second kappa shape index (κ2) is 8.10. The van der Waals surface area contributed by atoms with Crippen LogP contribution in [0.3, 0.4) is 0 Å². The van der Waals surface area contributed by atoms with Crippen LogP contribution in [0.1, 0.15) is 6.92 Å². The third-order valence-electron chi connectivity index (χ3n) is 0.487. The summed E-state index contributed by atoms with van der Waals surface area (Å²) in [6.07, 6.45) is 0. The summed E-state index contributed by atoms with van der Waals surface area (Å²) in [5.41, 5.74) is 0.176. The zero-order valence-corrected chi connectivity index (χ0v) is 8.63. The van der Waals surface area contributed by atoms with Gasteiger partial charge in [-0.2, -0.15) is 25.3 Å². The summed E-state index contributed by atoms with van der Waals surface area (Å²) in [6.45, 7) is 4.60. The lowest BCUT2D eigenvalue weighted by Crippen LogP contribution is -1.92. The zero-order valence-electron chi connectivity index (χ0n) is 6.02. The van der Waals surface area contributed by atoms with Crippen molar-refractivity contribution in [2.75, 3.05) is 0 Å². The molecule has 0 bridgehead atoms. The Bertz CT molecular complexity index is 142. The monoisotopic (exact) mass is 210 g/mol. The van der Waals surface area contributed by atoms with Crippen molar-refractivity contribution in [3.05, 3.63) is 12.2 Å². The Balaban J connectivity index is 0. The van der Waals surface area contributed by atoms with E-state index in [1.54, 1.807) is 0 Å². The molecule has 0 aliphatic heterocycles. The average molecular weight is 210 g/mol. The molecule has 1 N–H and O–H groups in total. The first-order valence-corrected chi connectivity index (χ1v) is 4.12. The highest BCUT2D eigenvalue weighted by Crippen LogP contribution is 1.92. The molecule has 0 saturated heterocycles. The highest BCUT2D eigenvalue weighted by Gasteiger charge is 1.90. The maximum atomic E-state index is 9.60. The summed E-state index contributed by atoms with van der Waals surface area (Å²) in [5.74, 6) is -0.935. The Hall–Kier alpha value is -0.000000000000000111. The zero-order chi connectivity index (χ0) is 9.44. The predicted octanol–water partition coefficient (Wildman–Crippen LogP) is 1.82. The van der Waals surface area contributed by atoms with Crippen molar-refractivity contribution in [3.8, 4) is 0 Å². The highest BCUT2D eigenvalue weighted by atomic mass is 32.2. The molecular formula is C6H10O2S3. The van der Waals surface area contributed by atoms with Crippen molar-refractivity contribution in [1.82, 2.24) is 0 Å². The van der Waals surface area contributed by atoms with E-state index in [4.69, 9.17) is 5.11 Å².